The maximum atomic E-state index is 12.5. The predicted octanol–water partition coefficient (Wildman–Crippen LogP) is 4.62. The van der Waals surface area contributed by atoms with Crippen LogP contribution in [0.4, 0.5) is 5.69 Å². The van der Waals surface area contributed by atoms with E-state index >= 15 is 0 Å². The van der Waals surface area contributed by atoms with Gasteiger partial charge in [0.25, 0.3) is 5.91 Å². The highest BCUT2D eigenvalue weighted by atomic mass is 35.5. The third kappa shape index (κ3) is 5.23. The average Bonchev–Trinajstić information content (AvgIpc) is 2.61. The van der Waals surface area contributed by atoms with E-state index < -0.39 is 6.10 Å². The molecule has 0 aliphatic rings. The minimum Gasteiger partial charge on any atom is -0.481 e. The third-order valence-electron chi connectivity index (χ3n) is 3.73. The van der Waals surface area contributed by atoms with Crippen LogP contribution in [0.15, 0.2) is 42.5 Å². The summed E-state index contributed by atoms with van der Waals surface area (Å²) >= 11 is 5.95. The first kappa shape index (κ1) is 19.8. The molecular weight excluding hydrogens is 354 g/mol. The van der Waals surface area contributed by atoms with Gasteiger partial charge in [-0.15, -0.1) is 0 Å². The molecule has 1 atom stereocenters. The molecule has 0 fully saturated rings. The number of hydrogen-bond donors (Lipinski definition) is 1. The van der Waals surface area contributed by atoms with E-state index in [1.54, 1.807) is 49.4 Å². The van der Waals surface area contributed by atoms with E-state index in [4.69, 9.17) is 21.1 Å². The molecule has 0 heterocycles. The standard InChI is InChI=1S/C20H22ClNO4/c1-4-18(26-16-8-6-7-15(21)12-16)19(23)22-17-10-9-14(11-13(17)3)20(24)25-5-2/h6-12,18H,4-5H2,1-3H3,(H,22,23)/t18-/m0/s1. The summed E-state index contributed by atoms with van der Waals surface area (Å²) < 4.78 is 10.7. The summed E-state index contributed by atoms with van der Waals surface area (Å²) in [6.07, 6.45) is -0.157. The minimum absolute atomic E-state index is 0.264. The highest BCUT2D eigenvalue weighted by Crippen LogP contribution is 2.21. The van der Waals surface area contributed by atoms with E-state index in [-0.39, 0.29) is 11.9 Å². The fraction of sp³-hybridized carbons (Fsp3) is 0.300. The first-order chi connectivity index (χ1) is 12.4. The van der Waals surface area contributed by atoms with Gasteiger partial charge in [0.15, 0.2) is 6.10 Å². The van der Waals surface area contributed by atoms with Gasteiger partial charge < -0.3 is 14.8 Å². The Hall–Kier alpha value is -2.53. The molecule has 0 aliphatic carbocycles. The third-order valence-corrected chi connectivity index (χ3v) is 3.97. The van der Waals surface area contributed by atoms with Crippen LogP contribution in [-0.4, -0.2) is 24.6 Å². The SMILES string of the molecule is CCOC(=O)c1ccc(NC(=O)[C@H](CC)Oc2cccc(Cl)c2)c(C)c1. The van der Waals surface area contributed by atoms with Gasteiger partial charge in [-0.1, -0.05) is 24.6 Å². The molecule has 0 unspecified atom stereocenters. The Morgan fingerprint density at radius 2 is 1.92 bits per heavy atom. The molecule has 6 heteroatoms. The summed E-state index contributed by atoms with van der Waals surface area (Å²) in [5.74, 6) is -0.113. The monoisotopic (exact) mass is 375 g/mol. The number of aryl methyl sites for hydroxylation is 1. The van der Waals surface area contributed by atoms with Crippen LogP contribution in [0.2, 0.25) is 5.02 Å². The van der Waals surface area contributed by atoms with Crippen LogP contribution < -0.4 is 10.1 Å². The van der Waals surface area contributed by atoms with Crippen molar-refractivity contribution in [1.29, 1.82) is 0 Å². The summed E-state index contributed by atoms with van der Waals surface area (Å²) in [5, 5.41) is 3.39. The van der Waals surface area contributed by atoms with Gasteiger partial charge in [0.05, 0.1) is 12.2 Å². The van der Waals surface area contributed by atoms with Gasteiger partial charge in [0.2, 0.25) is 0 Å². The second-order valence-electron chi connectivity index (χ2n) is 5.71. The summed E-state index contributed by atoms with van der Waals surface area (Å²) in [7, 11) is 0. The van der Waals surface area contributed by atoms with Crippen LogP contribution in [0, 0.1) is 6.92 Å². The Kier molecular flexibility index (Phi) is 7.04. The molecule has 0 spiro atoms. The van der Waals surface area contributed by atoms with E-state index in [1.807, 2.05) is 13.8 Å². The van der Waals surface area contributed by atoms with Crippen molar-refractivity contribution in [2.45, 2.75) is 33.3 Å². The van der Waals surface area contributed by atoms with E-state index in [1.165, 1.54) is 0 Å². The molecule has 1 amide bonds. The van der Waals surface area contributed by atoms with Crippen LogP contribution in [-0.2, 0) is 9.53 Å². The van der Waals surface area contributed by atoms with Crippen LogP contribution in [0.25, 0.3) is 0 Å². The first-order valence-electron chi connectivity index (χ1n) is 8.45. The molecule has 2 aromatic rings. The van der Waals surface area contributed by atoms with Crippen molar-refractivity contribution in [3.63, 3.8) is 0 Å². The number of anilines is 1. The molecule has 0 saturated heterocycles. The zero-order valence-corrected chi connectivity index (χ0v) is 15.8. The number of ether oxygens (including phenoxy) is 2. The number of carbonyl (C=O) groups is 2. The van der Waals surface area contributed by atoms with E-state index in [2.05, 4.69) is 5.32 Å². The topological polar surface area (TPSA) is 64.6 Å². The van der Waals surface area contributed by atoms with Gasteiger partial charge in [-0.05, 0) is 62.2 Å². The number of halogens is 1. The van der Waals surface area contributed by atoms with Gasteiger partial charge in [0, 0.05) is 10.7 Å². The Morgan fingerprint density at radius 3 is 2.54 bits per heavy atom. The largest absolute Gasteiger partial charge is 0.481 e. The smallest absolute Gasteiger partial charge is 0.338 e. The number of benzene rings is 2. The van der Waals surface area contributed by atoms with Crippen molar-refractivity contribution in [3.05, 3.63) is 58.6 Å². The fourth-order valence-electron chi connectivity index (χ4n) is 2.39. The number of carbonyl (C=O) groups excluding carboxylic acids is 2. The second kappa shape index (κ2) is 9.25. The first-order valence-corrected chi connectivity index (χ1v) is 8.83. The molecule has 26 heavy (non-hydrogen) atoms. The quantitative estimate of drug-likeness (QED) is 0.717. The maximum absolute atomic E-state index is 12.5. The zero-order chi connectivity index (χ0) is 19.1. The van der Waals surface area contributed by atoms with Gasteiger partial charge >= 0.3 is 5.97 Å². The molecule has 0 bridgehead atoms. The van der Waals surface area contributed by atoms with Gasteiger partial charge in [-0.2, -0.15) is 0 Å². The molecule has 138 valence electrons. The zero-order valence-electron chi connectivity index (χ0n) is 15.0. The highest BCUT2D eigenvalue weighted by Gasteiger charge is 2.20. The minimum atomic E-state index is -0.655. The lowest BCUT2D eigenvalue weighted by molar-refractivity contribution is -0.122. The Bertz CT molecular complexity index is 791. The lowest BCUT2D eigenvalue weighted by Gasteiger charge is -2.18. The molecule has 0 saturated carbocycles. The van der Waals surface area contributed by atoms with Crippen molar-refractivity contribution >= 4 is 29.2 Å². The Balaban J connectivity index is 2.08. The molecule has 0 aromatic heterocycles. The molecule has 2 rings (SSSR count). The van der Waals surface area contributed by atoms with Gasteiger partial charge in [-0.25, -0.2) is 4.79 Å². The summed E-state index contributed by atoms with van der Waals surface area (Å²) in [4.78, 5) is 24.3. The van der Waals surface area contributed by atoms with Crippen molar-refractivity contribution in [1.82, 2.24) is 0 Å². The van der Waals surface area contributed by atoms with Crippen molar-refractivity contribution in [2.24, 2.45) is 0 Å². The number of nitrogens with one attached hydrogen (secondary N) is 1. The average molecular weight is 376 g/mol. The van der Waals surface area contributed by atoms with Crippen molar-refractivity contribution < 1.29 is 19.1 Å². The number of hydrogen-bond acceptors (Lipinski definition) is 4. The maximum Gasteiger partial charge on any atom is 0.338 e. The van der Waals surface area contributed by atoms with Gasteiger partial charge in [0.1, 0.15) is 5.75 Å². The summed E-state index contributed by atoms with van der Waals surface area (Å²) in [6, 6.07) is 11.9. The molecule has 1 N–H and O–H groups in total. The predicted molar refractivity (Wildman–Crippen MR) is 102 cm³/mol. The molecule has 2 aromatic carbocycles. The number of rotatable bonds is 7. The van der Waals surface area contributed by atoms with Crippen LogP contribution in [0.1, 0.15) is 36.2 Å². The second-order valence-corrected chi connectivity index (χ2v) is 6.15. The summed E-state index contributed by atoms with van der Waals surface area (Å²) in [5.41, 5.74) is 1.84. The Labute approximate surface area is 158 Å². The number of amides is 1. The number of esters is 1. The highest BCUT2D eigenvalue weighted by molar-refractivity contribution is 6.30. The molecule has 0 radical (unpaired) electrons. The van der Waals surface area contributed by atoms with Crippen LogP contribution in [0.5, 0.6) is 5.75 Å². The molecule has 5 nitrogen and oxygen atoms in total. The van der Waals surface area contributed by atoms with Crippen molar-refractivity contribution in [2.75, 3.05) is 11.9 Å². The van der Waals surface area contributed by atoms with E-state index in [0.717, 1.165) is 5.56 Å². The molecular formula is C20H22ClNO4. The molecule has 0 aliphatic heterocycles. The van der Waals surface area contributed by atoms with Gasteiger partial charge in [-0.3, -0.25) is 4.79 Å². The lowest BCUT2D eigenvalue weighted by atomic mass is 10.1. The van der Waals surface area contributed by atoms with E-state index in [9.17, 15) is 9.59 Å². The van der Waals surface area contributed by atoms with Crippen LogP contribution in [0.3, 0.4) is 0 Å². The normalized spacial score (nSPS) is 11.5. The van der Waals surface area contributed by atoms with E-state index in [0.29, 0.717) is 35.1 Å². The fourth-order valence-corrected chi connectivity index (χ4v) is 2.57. The lowest BCUT2D eigenvalue weighted by Crippen LogP contribution is -2.32. The Morgan fingerprint density at radius 1 is 1.15 bits per heavy atom. The summed E-state index contributed by atoms with van der Waals surface area (Å²) in [6.45, 7) is 5.75. The van der Waals surface area contributed by atoms with Crippen LogP contribution >= 0.6 is 11.6 Å². The van der Waals surface area contributed by atoms with Crippen molar-refractivity contribution in [3.8, 4) is 5.75 Å².